The molecule has 0 unspecified atom stereocenters. The van der Waals surface area contributed by atoms with Crippen LogP contribution < -0.4 is 5.56 Å². The molecule has 3 nitrogen and oxygen atoms in total. The second kappa shape index (κ2) is 6.47. The summed E-state index contributed by atoms with van der Waals surface area (Å²) in [6, 6.07) is 17.5. The average molecular weight is 367 g/mol. The Morgan fingerprint density at radius 2 is 1.92 bits per heavy atom. The molecule has 0 bridgehead atoms. The highest BCUT2D eigenvalue weighted by Crippen LogP contribution is 2.35. The third kappa shape index (κ3) is 2.99. The van der Waals surface area contributed by atoms with E-state index in [1.165, 1.54) is 0 Å². The molecule has 4 aromatic rings. The van der Waals surface area contributed by atoms with Gasteiger partial charge in [0.2, 0.25) is 0 Å². The maximum absolute atomic E-state index is 13.1. The number of aryl methyl sites for hydroxylation is 1. The fourth-order valence-corrected chi connectivity index (χ4v) is 4.25. The van der Waals surface area contributed by atoms with E-state index >= 15 is 0 Å². The quantitative estimate of drug-likeness (QED) is 0.503. The smallest absolute Gasteiger partial charge is 0.263 e. The molecular weight excluding hydrogens is 352 g/mol. The van der Waals surface area contributed by atoms with Gasteiger partial charge < -0.3 is 0 Å². The van der Waals surface area contributed by atoms with Crippen LogP contribution in [0.15, 0.2) is 65.7 Å². The Hall–Kier alpha value is -2.43. The number of hydrogen-bond donors (Lipinski definition) is 0. The van der Waals surface area contributed by atoms with Crippen LogP contribution >= 0.6 is 22.9 Å². The molecule has 0 saturated carbocycles. The van der Waals surface area contributed by atoms with Gasteiger partial charge in [-0.15, -0.1) is 11.3 Å². The first-order chi connectivity index (χ1) is 12.1. The van der Waals surface area contributed by atoms with Crippen LogP contribution in [0.4, 0.5) is 0 Å². The summed E-state index contributed by atoms with van der Waals surface area (Å²) in [6.07, 6.45) is 1.62. The van der Waals surface area contributed by atoms with Crippen molar-refractivity contribution in [2.45, 2.75) is 13.5 Å². The van der Waals surface area contributed by atoms with Crippen molar-refractivity contribution in [3.63, 3.8) is 0 Å². The molecule has 0 fully saturated rings. The molecule has 2 aromatic carbocycles. The molecule has 4 rings (SSSR count). The summed E-state index contributed by atoms with van der Waals surface area (Å²) in [5.41, 5.74) is 2.99. The van der Waals surface area contributed by atoms with Gasteiger partial charge in [-0.2, -0.15) is 0 Å². The molecule has 0 amide bonds. The van der Waals surface area contributed by atoms with E-state index in [9.17, 15) is 4.79 Å². The molecular formula is C20H15ClN2OS. The first-order valence-corrected chi connectivity index (χ1v) is 9.11. The summed E-state index contributed by atoms with van der Waals surface area (Å²) in [4.78, 5) is 19.5. The van der Waals surface area contributed by atoms with Gasteiger partial charge in [-0.1, -0.05) is 54.1 Å². The van der Waals surface area contributed by atoms with Crippen LogP contribution in [0.25, 0.3) is 21.3 Å². The van der Waals surface area contributed by atoms with Crippen molar-refractivity contribution in [1.82, 2.24) is 9.55 Å². The Morgan fingerprint density at radius 3 is 2.68 bits per heavy atom. The minimum Gasteiger partial charge on any atom is -0.294 e. The normalized spacial score (nSPS) is 11.1. The van der Waals surface area contributed by atoms with E-state index in [1.807, 2.05) is 61.5 Å². The third-order valence-electron chi connectivity index (χ3n) is 4.16. The number of halogens is 1. The fraction of sp³-hybridized carbons (Fsp3) is 0.100. The number of hydrogen-bond acceptors (Lipinski definition) is 3. The Morgan fingerprint density at radius 1 is 1.12 bits per heavy atom. The van der Waals surface area contributed by atoms with Crippen molar-refractivity contribution in [3.05, 3.63) is 86.7 Å². The van der Waals surface area contributed by atoms with E-state index in [1.54, 1.807) is 22.2 Å². The molecule has 0 aliphatic heterocycles. The van der Waals surface area contributed by atoms with Gasteiger partial charge in [0, 0.05) is 15.5 Å². The van der Waals surface area contributed by atoms with E-state index in [-0.39, 0.29) is 5.56 Å². The van der Waals surface area contributed by atoms with E-state index in [0.717, 1.165) is 26.4 Å². The molecule has 5 heteroatoms. The summed E-state index contributed by atoms with van der Waals surface area (Å²) in [6.45, 7) is 2.49. The number of rotatable bonds is 3. The molecule has 124 valence electrons. The summed E-state index contributed by atoms with van der Waals surface area (Å²) in [7, 11) is 0. The molecule has 0 radical (unpaired) electrons. The topological polar surface area (TPSA) is 34.9 Å². The van der Waals surface area contributed by atoms with Gasteiger partial charge in [0.1, 0.15) is 4.83 Å². The number of fused-ring (bicyclic) bond motifs is 1. The molecule has 0 aliphatic rings. The lowest BCUT2D eigenvalue weighted by molar-refractivity contribution is 0.749. The van der Waals surface area contributed by atoms with Gasteiger partial charge in [-0.05, 0) is 30.2 Å². The van der Waals surface area contributed by atoms with E-state index in [2.05, 4.69) is 4.98 Å². The highest BCUT2D eigenvalue weighted by atomic mass is 35.5. The molecule has 25 heavy (non-hydrogen) atoms. The molecule has 0 N–H and O–H groups in total. The largest absolute Gasteiger partial charge is 0.294 e. The predicted octanol–water partition coefficient (Wildman–Crippen LogP) is 5.14. The van der Waals surface area contributed by atoms with Crippen LogP contribution in [0.1, 0.15) is 10.4 Å². The van der Waals surface area contributed by atoms with Crippen LogP contribution in [0, 0.1) is 6.92 Å². The molecule has 0 spiro atoms. The lowest BCUT2D eigenvalue weighted by Crippen LogP contribution is -2.21. The minimum absolute atomic E-state index is 0.0202. The number of aromatic nitrogens is 2. The van der Waals surface area contributed by atoms with Gasteiger partial charge in [-0.25, -0.2) is 4.98 Å². The van der Waals surface area contributed by atoms with Gasteiger partial charge in [-0.3, -0.25) is 9.36 Å². The van der Waals surface area contributed by atoms with Gasteiger partial charge in [0.25, 0.3) is 5.56 Å². The monoisotopic (exact) mass is 366 g/mol. The van der Waals surface area contributed by atoms with E-state index in [4.69, 9.17) is 11.6 Å². The first kappa shape index (κ1) is 16.1. The Labute approximate surface area is 154 Å². The van der Waals surface area contributed by atoms with Crippen molar-refractivity contribution in [1.29, 1.82) is 0 Å². The van der Waals surface area contributed by atoms with Crippen molar-refractivity contribution < 1.29 is 0 Å². The van der Waals surface area contributed by atoms with Crippen molar-refractivity contribution in [2.24, 2.45) is 0 Å². The summed E-state index contributed by atoms with van der Waals surface area (Å²) >= 11 is 7.61. The molecule has 0 aliphatic carbocycles. The Bertz CT molecular complexity index is 1120. The summed E-state index contributed by atoms with van der Waals surface area (Å²) < 4.78 is 1.65. The summed E-state index contributed by atoms with van der Waals surface area (Å²) in [5.74, 6) is 0. The van der Waals surface area contributed by atoms with Crippen molar-refractivity contribution in [3.8, 4) is 11.1 Å². The maximum atomic E-state index is 13.1. The number of thiophene rings is 1. The lowest BCUT2D eigenvalue weighted by atomic mass is 10.0. The molecule has 0 atom stereocenters. The maximum Gasteiger partial charge on any atom is 0.263 e. The number of benzene rings is 2. The van der Waals surface area contributed by atoms with Crippen LogP contribution in [-0.4, -0.2) is 9.55 Å². The van der Waals surface area contributed by atoms with E-state index in [0.29, 0.717) is 17.0 Å². The van der Waals surface area contributed by atoms with Gasteiger partial charge in [0.05, 0.1) is 18.3 Å². The van der Waals surface area contributed by atoms with Crippen LogP contribution in [0.3, 0.4) is 0 Å². The highest BCUT2D eigenvalue weighted by molar-refractivity contribution is 7.19. The van der Waals surface area contributed by atoms with Crippen molar-refractivity contribution in [2.75, 3.05) is 0 Å². The fourth-order valence-electron chi connectivity index (χ4n) is 3.03. The summed E-state index contributed by atoms with van der Waals surface area (Å²) in [5, 5.41) is 1.36. The van der Waals surface area contributed by atoms with Gasteiger partial charge in [0.15, 0.2) is 0 Å². The van der Waals surface area contributed by atoms with Crippen LogP contribution in [0.5, 0.6) is 0 Å². The Kier molecular flexibility index (Phi) is 4.15. The minimum atomic E-state index is -0.0202. The van der Waals surface area contributed by atoms with E-state index < -0.39 is 0 Å². The van der Waals surface area contributed by atoms with Crippen molar-refractivity contribution >= 4 is 33.2 Å². The van der Waals surface area contributed by atoms with Crippen LogP contribution in [0.2, 0.25) is 5.02 Å². The zero-order valence-corrected chi connectivity index (χ0v) is 15.1. The van der Waals surface area contributed by atoms with Gasteiger partial charge >= 0.3 is 0 Å². The average Bonchev–Trinajstić information content (AvgIpc) is 2.95. The molecule has 2 heterocycles. The molecule has 2 aromatic heterocycles. The number of nitrogens with zero attached hydrogens (tertiary/aromatic N) is 2. The first-order valence-electron chi connectivity index (χ1n) is 7.92. The zero-order valence-electron chi connectivity index (χ0n) is 13.6. The predicted molar refractivity (Wildman–Crippen MR) is 105 cm³/mol. The zero-order chi connectivity index (χ0) is 17.4. The second-order valence-corrected chi connectivity index (χ2v) is 7.53. The SMILES string of the molecule is Cc1sc2ncn(Cc3cccc(Cl)c3)c(=O)c2c1-c1ccccc1. The standard InChI is InChI=1S/C20H15ClN2OS/c1-13-17(15-7-3-2-4-8-15)18-19(25-13)22-12-23(20(18)24)11-14-6-5-9-16(21)10-14/h2-10,12H,11H2,1H3. The molecule has 0 saturated heterocycles. The highest BCUT2D eigenvalue weighted by Gasteiger charge is 2.16. The second-order valence-electron chi connectivity index (χ2n) is 5.89. The van der Waals surface area contributed by atoms with Crippen LogP contribution in [-0.2, 0) is 6.54 Å². The Balaban J connectivity index is 1.89. The lowest BCUT2D eigenvalue weighted by Gasteiger charge is -2.07. The third-order valence-corrected chi connectivity index (χ3v) is 5.41.